The third kappa shape index (κ3) is 2.84. The Morgan fingerprint density at radius 2 is 2.31 bits per heavy atom. The molecule has 1 aromatic heterocycles. The summed E-state index contributed by atoms with van der Waals surface area (Å²) in [7, 11) is 0. The summed E-state index contributed by atoms with van der Waals surface area (Å²) in [6, 6.07) is 5.47. The van der Waals surface area contributed by atoms with Gasteiger partial charge >= 0.3 is 5.97 Å². The van der Waals surface area contributed by atoms with Crippen molar-refractivity contribution < 1.29 is 15.4 Å². The summed E-state index contributed by atoms with van der Waals surface area (Å²) < 4.78 is 1.75. The number of rotatable bonds is 3. The molecule has 1 heterocycles. The third-order valence-corrected chi connectivity index (χ3v) is 3.86. The van der Waals surface area contributed by atoms with Crippen LogP contribution in [-0.4, -0.2) is 27.3 Å². The van der Waals surface area contributed by atoms with Crippen molar-refractivity contribution in [2.45, 2.75) is 4.34 Å². The van der Waals surface area contributed by atoms with E-state index in [9.17, 15) is 4.79 Å². The minimum absolute atomic E-state index is 0. The molecular formula is C9H10N2O3S2. The standard InChI is InChI=1S/C9H8N2O2S2.H2O/c10-5-1-2-6-7(3-5)15-9(11-6)14-4-8(12)13;/h1-3H,4,10H2,(H,12,13);1H2. The molecule has 0 amide bonds. The summed E-state index contributed by atoms with van der Waals surface area (Å²) in [6.07, 6.45) is 0. The monoisotopic (exact) mass is 258 g/mol. The highest BCUT2D eigenvalue weighted by atomic mass is 32.2. The zero-order valence-corrected chi connectivity index (χ0v) is 9.77. The number of aromatic nitrogens is 1. The van der Waals surface area contributed by atoms with Crippen LogP contribution in [0.4, 0.5) is 5.69 Å². The van der Waals surface area contributed by atoms with Crippen molar-refractivity contribution in [2.75, 3.05) is 11.5 Å². The first-order chi connectivity index (χ1) is 7.15. The number of carbonyl (C=O) groups is 1. The Bertz CT molecular complexity index is 512. The molecule has 0 spiro atoms. The van der Waals surface area contributed by atoms with E-state index in [2.05, 4.69) is 4.98 Å². The third-order valence-electron chi connectivity index (χ3n) is 1.71. The van der Waals surface area contributed by atoms with E-state index in [4.69, 9.17) is 10.8 Å². The molecule has 0 saturated heterocycles. The van der Waals surface area contributed by atoms with E-state index in [1.54, 1.807) is 6.07 Å². The van der Waals surface area contributed by atoms with E-state index in [0.29, 0.717) is 5.69 Å². The van der Waals surface area contributed by atoms with Crippen LogP contribution in [0.15, 0.2) is 22.5 Å². The van der Waals surface area contributed by atoms with Gasteiger partial charge in [0.2, 0.25) is 0 Å². The van der Waals surface area contributed by atoms with Gasteiger partial charge in [0.15, 0.2) is 4.34 Å². The van der Waals surface area contributed by atoms with Crippen LogP contribution in [0.1, 0.15) is 0 Å². The van der Waals surface area contributed by atoms with Crippen LogP contribution in [-0.2, 0) is 4.79 Å². The summed E-state index contributed by atoms with van der Waals surface area (Å²) in [5.41, 5.74) is 7.19. The molecule has 0 atom stereocenters. The van der Waals surface area contributed by atoms with Crippen molar-refractivity contribution in [1.29, 1.82) is 0 Å². The number of thioether (sulfide) groups is 1. The lowest BCUT2D eigenvalue weighted by molar-refractivity contribution is -0.133. The number of carboxylic acids is 1. The number of hydrogen-bond donors (Lipinski definition) is 2. The molecule has 0 aliphatic heterocycles. The summed E-state index contributed by atoms with van der Waals surface area (Å²) in [5.74, 6) is -0.797. The lowest BCUT2D eigenvalue weighted by Crippen LogP contribution is -1.96. The highest BCUT2D eigenvalue weighted by Crippen LogP contribution is 2.30. The van der Waals surface area contributed by atoms with E-state index >= 15 is 0 Å². The lowest BCUT2D eigenvalue weighted by Gasteiger charge is -1.89. The van der Waals surface area contributed by atoms with Gasteiger partial charge in [-0.05, 0) is 18.2 Å². The molecule has 86 valence electrons. The molecule has 7 heteroatoms. The number of hydrogen-bond acceptors (Lipinski definition) is 5. The predicted molar refractivity (Wildman–Crippen MR) is 66.0 cm³/mol. The Kier molecular flexibility index (Phi) is 4.11. The number of benzene rings is 1. The molecule has 5 N–H and O–H groups in total. The number of thiazole rings is 1. The van der Waals surface area contributed by atoms with E-state index in [-0.39, 0.29) is 11.2 Å². The van der Waals surface area contributed by atoms with Gasteiger partial charge in [0.1, 0.15) is 0 Å². The maximum Gasteiger partial charge on any atom is 0.313 e. The van der Waals surface area contributed by atoms with Gasteiger partial charge in [-0.25, -0.2) is 4.98 Å². The Balaban J connectivity index is 0.00000128. The molecule has 1 aromatic carbocycles. The highest BCUT2D eigenvalue weighted by molar-refractivity contribution is 8.01. The molecule has 2 rings (SSSR count). The van der Waals surface area contributed by atoms with Crippen LogP contribution in [0.3, 0.4) is 0 Å². The second-order valence-corrected chi connectivity index (χ2v) is 5.14. The minimum Gasteiger partial charge on any atom is -0.481 e. The van der Waals surface area contributed by atoms with Gasteiger partial charge in [-0.1, -0.05) is 11.8 Å². The molecule has 16 heavy (non-hydrogen) atoms. The number of carboxylic acid groups (broad SMARTS) is 1. The predicted octanol–water partition coefficient (Wildman–Crippen LogP) is 1.23. The lowest BCUT2D eigenvalue weighted by atomic mass is 10.3. The van der Waals surface area contributed by atoms with E-state index in [1.165, 1.54) is 23.1 Å². The van der Waals surface area contributed by atoms with Crippen molar-refractivity contribution in [3.63, 3.8) is 0 Å². The average molecular weight is 258 g/mol. The van der Waals surface area contributed by atoms with Gasteiger partial charge in [0.25, 0.3) is 0 Å². The number of aliphatic carboxylic acids is 1. The fourth-order valence-corrected chi connectivity index (χ4v) is 2.94. The zero-order chi connectivity index (χ0) is 10.8. The second-order valence-electron chi connectivity index (χ2n) is 2.89. The Labute approximate surface area is 99.6 Å². The SMILES string of the molecule is Nc1ccc2nc(SCC(=O)O)sc2c1.O. The normalized spacial score (nSPS) is 10.0. The van der Waals surface area contributed by atoms with Crippen molar-refractivity contribution >= 4 is 45.0 Å². The maximum absolute atomic E-state index is 10.4. The molecule has 0 aliphatic rings. The van der Waals surface area contributed by atoms with Gasteiger partial charge in [-0.3, -0.25) is 4.79 Å². The number of nitrogen functional groups attached to an aromatic ring is 1. The van der Waals surface area contributed by atoms with Crippen molar-refractivity contribution in [1.82, 2.24) is 4.98 Å². The smallest absolute Gasteiger partial charge is 0.313 e. The van der Waals surface area contributed by atoms with Crippen LogP contribution in [0, 0.1) is 0 Å². The molecule has 2 aromatic rings. The summed E-state index contributed by atoms with van der Waals surface area (Å²) in [6.45, 7) is 0. The first kappa shape index (κ1) is 12.8. The topological polar surface area (TPSA) is 108 Å². The highest BCUT2D eigenvalue weighted by Gasteiger charge is 2.06. The van der Waals surface area contributed by atoms with Gasteiger partial charge in [-0.15, -0.1) is 11.3 Å². The Morgan fingerprint density at radius 3 is 3.00 bits per heavy atom. The van der Waals surface area contributed by atoms with E-state index < -0.39 is 5.97 Å². The van der Waals surface area contributed by atoms with Crippen molar-refractivity contribution in [2.24, 2.45) is 0 Å². The first-order valence-corrected chi connectivity index (χ1v) is 5.96. The molecule has 5 nitrogen and oxygen atoms in total. The first-order valence-electron chi connectivity index (χ1n) is 4.16. The average Bonchev–Trinajstić information content (AvgIpc) is 2.56. The fraction of sp³-hybridized carbons (Fsp3) is 0.111. The summed E-state index contributed by atoms with van der Waals surface area (Å²) in [4.78, 5) is 14.7. The van der Waals surface area contributed by atoms with E-state index in [0.717, 1.165) is 14.6 Å². The quantitative estimate of drug-likeness (QED) is 0.636. The minimum atomic E-state index is -0.834. The molecule has 0 fully saturated rings. The molecule has 0 aliphatic carbocycles. The molecule has 0 unspecified atom stereocenters. The number of nitrogens with two attached hydrogens (primary N) is 1. The van der Waals surface area contributed by atoms with Crippen LogP contribution in [0.5, 0.6) is 0 Å². The molecule has 0 radical (unpaired) electrons. The van der Waals surface area contributed by atoms with Crippen LogP contribution < -0.4 is 5.73 Å². The van der Waals surface area contributed by atoms with Crippen LogP contribution in [0.2, 0.25) is 0 Å². The number of nitrogens with zero attached hydrogens (tertiary/aromatic N) is 1. The largest absolute Gasteiger partial charge is 0.481 e. The number of anilines is 1. The van der Waals surface area contributed by atoms with Gasteiger partial charge in [0, 0.05) is 5.69 Å². The molecule has 0 saturated carbocycles. The van der Waals surface area contributed by atoms with Crippen LogP contribution in [0.25, 0.3) is 10.2 Å². The maximum atomic E-state index is 10.4. The molecule has 0 bridgehead atoms. The fourth-order valence-electron chi connectivity index (χ4n) is 1.11. The summed E-state index contributed by atoms with van der Waals surface area (Å²) in [5, 5.41) is 8.53. The van der Waals surface area contributed by atoms with Crippen LogP contribution >= 0.6 is 23.1 Å². The second kappa shape index (κ2) is 5.15. The zero-order valence-electron chi connectivity index (χ0n) is 8.14. The van der Waals surface area contributed by atoms with Gasteiger partial charge < -0.3 is 16.3 Å². The number of fused-ring (bicyclic) bond motifs is 1. The van der Waals surface area contributed by atoms with Gasteiger partial charge in [-0.2, -0.15) is 0 Å². The molecular weight excluding hydrogens is 248 g/mol. The Morgan fingerprint density at radius 1 is 1.56 bits per heavy atom. The summed E-state index contributed by atoms with van der Waals surface area (Å²) >= 11 is 2.69. The van der Waals surface area contributed by atoms with Crippen molar-refractivity contribution in [3.8, 4) is 0 Å². The van der Waals surface area contributed by atoms with Crippen molar-refractivity contribution in [3.05, 3.63) is 18.2 Å². The Hall–Kier alpha value is -1.31. The van der Waals surface area contributed by atoms with E-state index in [1.807, 2.05) is 12.1 Å². The van der Waals surface area contributed by atoms with Gasteiger partial charge in [0.05, 0.1) is 16.0 Å².